The minimum Gasteiger partial charge on any atom is -0.297 e. The van der Waals surface area contributed by atoms with E-state index in [1.165, 1.54) is 18.5 Å². The number of aromatic nitrogens is 4. The molecule has 1 aliphatic rings. The van der Waals surface area contributed by atoms with Gasteiger partial charge in [0.2, 0.25) is 0 Å². The third kappa shape index (κ3) is 3.04. The first kappa shape index (κ1) is 16.2. The molecule has 25 heavy (non-hydrogen) atoms. The first-order valence-corrected chi connectivity index (χ1v) is 8.98. The van der Waals surface area contributed by atoms with Crippen LogP contribution in [-0.2, 0) is 19.0 Å². The third-order valence-corrected chi connectivity index (χ3v) is 5.38. The van der Waals surface area contributed by atoms with Crippen molar-refractivity contribution >= 4 is 11.0 Å². The number of pyridine rings is 2. The lowest BCUT2D eigenvalue weighted by Crippen LogP contribution is -2.44. The Morgan fingerprint density at radius 3 is 2.88 bits per heavy atom. The smallest absolute Gasteiger partial charge is 0.158 e. The van der Waals surface area contributed by atoms with Gasteiger partial charge in [0.15, 0.2) is 5.65 Å². The molecular formula is C20H25N5. The van der Waals surface area contributed by atoms with Crippen LogP contribution >= 0.6 is 0 Å². The predicted molar refractivity (Wildman–Crippen MR) is 99.3 cm³/mol. The quantitative estimate of drug-likeness (QED) is 0.737. The molecule has 1 fully saturated rings. The maximum Gasteiger partial charge on any atom is 0.158 e. The van der Waals surface area contributed by atoms with Crippen LogP contribution in [0.3, 0.4) is 0 Å². The molecule has 1 atom stereocenters. The Morgan fingerprint density at radius 2 is 2.08 bits per heavy atom. The Bertz CT molecular complexity index is 886. The summed E-state index contributed by atoms with van der Waals surface area (Å²) in [7, 11) is 1.97. The van der Waals surface area contributed by atoms with Gasteiger partial charge in [0.25, 0.3) is 0 Å². The molecule has 0 unspecified atom stereocenters. The summed E-state index contributed by atoms with van der Waals surface area (Å²) in [6.07, 6.45) is 4.23. The Labute approximate surface area is 148 Å². The highest BCUT2D eigenvalue weighted by Crippen LogP contribution is 2.34. The number of hydrogen-bond donors (Lipinski definition) is 0. The molecule has 4 heterocycles. The van der Waals surface area contributed by atoms with Crippen LogP contribution in [0.15, 0.2) is 36.5 Å². The summed E-state index contributed by atoms with van der Waals surface area (Å²) in [5.41, 5.74) is 4.41. The lowest BCUT2D eigenvalue weighted by molar-refractivity contribution is 0.146. The lowest BCUT2D eigenvalue weighted by Gasteiger charge is -2.40. The monoisotopic (exact) mass is 335 g/mol. The van der Waals surface area contributed by atoms with E-state index in [1.54, 1.807) is 0 Å². The fourth-order valence-corrected chi connectivity index (χ4v) is 4.05. The molecule has 1 aliphatic heterocycles. The molecule has 5 nitrogen and oxygen atoms in total. The topological polar surface area (TPSA) is 46.8 Å². The Morgan fingerprint density at radius 1 is 1.20 bits per heavy atom. The SMILES string of the molecule is Cc1nn(C)c2nc([C@]3(C)CCCN(Cc4ccccn4)C3)ccc12. The van der Waals surface area contributed by atoms with Crippen LogP contribution in [0.5, 0.6) is 0 Å². The number of hydrogen-bond acceptors (Lipinski definition) is 4. The van der Waals surface area contributed by atoms with Gasteiger partial charge in [-0.05, 0) is 50.6 Å². The van der Waals surface area contributed by atoms with Crippen molar-refractivity contribution in [2.24, 2.45) is 7.05 Å². The van der Waals surface area contributed by atoms with Crippen LogP contribution in [0.25, 0.3) is 11.0 Å². The minimum absolute atomic E-state index is 0.0688. The van der Waals surface area contributed by atoms with E-state index in [0.29, 0.717) is 0 Å². The highest BCUT2D eigenvalue weighted by atomic mass is 15.3. The first-order valence-electron chi connectivity index (χ1n) is 8.98. The molecule has 4 rings (SSSR count). The Balaban J connectivity index is 1.61. The summed E-state index contributed by atoms with van der Waals surface area (Å²) >= 11 is 0. The van der Waals surface area contributed by atoms with Gasteiger partial charge >= 0.3 is 0 Å². The van der Waals surface area contributed by atoms with Crippen LogP contribution in [0.2, 0.25) is 0 Å². The Hall–Kier alpha value is -2.27. The maximum atomic E-state index is 4.99. The standard InChI is InChI=1S/C20H25N5/c1-15-17-8-9-18(22-19(17)24(3)23-15)20(2)10-6-12-25(14-20)13-16-7-4-5-11-21-16/h4-5,7-9,11H,6,10,12-14H2,1-3H3/t20-/m1/s1. The molecule has 0 radical (unpaired) electrons. The summed E-state index contributed by atoms with van der Waals surface area (Å²) in [6.45, 7) is 7.43. The first-order chi connectivity index (χ1) is 12.0. The van der Waals surface area contributed by atoms with E-state index in [4.69, 9.17) is 4.98 Å². The zero-order chi connectivity index (χ0) is 17.4. The second-order valence-corrected chi connectivity index (χ2v) is 7.47. The summed E-state index contributed by atoms with van der Waals surface area (Å²) in [5, 5.41) is 5.65. The molecule has 0 saturated carbocycles. The van der Waals surface area contributed by atoms with Gasteiger partial charge in [-0.15, -0.1) is 0 Å². The molecule has 130 valence electrons. The molecule has 0 bridgehead atoms. The van der Waals surface area contributed by atoms with Crippen molar-refractivity contribution in [1.29, 1.82) is 0 Å². The third-order valence-electron chi connectivity index (χ3n) is 5.38. The summed E-state index contributed by atoms with van der Waals surface area (Å²) in [5.74, 6) is 0. The van der Waals surface area contributed by atoms with Crippen LogP contribution in [0, 0.1) is 6.92 Å². The van der Waals surface area contributed by atoms with E-state index in [1.807, 2.05) is 30.9 Å². The lowest BCUT2D eigenvalue weighted by atomic mass is 9.78. The molecule has 1 saturated heterocycles. The molecule has 0 spiro atoms. The molecular weight excluding hydrogens is 310 g/mol. The van der Waals surface area contributed by atoms with Crippen LogP contribution < -0.4 is 0 Å². The van der Waals surface area contributed by atoms with Crippen molar-refractivity contribution in [2.45, 2.75) is 38.6 Å². The maximum absolute atomic E-state index is 4.99. The zero-order valence-electron chi connectivity index (χ0n) is 15.2. The van der Waals surface area contributed by atoms with E-state index < -0.39 is 0 Å². The molecule has 0 aromatic carbocycles. The van der Waals surface area contributed by atoms with Gasteiger partial charge in [0.05, 0.1) is 17.1 Å². The van der Waals surface area contributed by atoms with Crippen molar-refractivity contribution in [3.05, 3.63) is 53.6 Å². The normalized spacial score (nSPS) is 21.7. The van der Waals surface area contributed by atoms with Gasteiger partial charge in [0.1, 0.15) is 0 Å². The van der Waals surface area contributed by atoms with Crippen LogP contribution in [0.4, 0.5) is 0 Å². The predicted octanol–water partition coefficient (Wildman–Crippen LogP) is 3.23. The van der Waals surface area contributed by atoms with Gasteiger partial charge in [-0.3, -0.25) is 14.6 Å². The second-order valence-electron chi connectivity index (χ2n) is 7.47. The molecule has 0 N–H and O–H groups in total. The minimum atomic E-state index is 0.0688. The van der Waals surface area contributed by atoms with Gasteiger partial charge in [-0.25, -0.2) is 4.98 Å². The van der Waals surface area contributed by atoms with Gasteiger partial charge in [-0.1, -0.05) is 13.0 Å². The van der Waals surface area contributed by atoms with E-state index >= 15 is 0 Å². The number of nitrogens with zero attached hydrogens (tertiary/aromatic N) is 5. The molecule has 0 amide bonds. The van der Waals surface area contributed by atoms with Crippen molar-refractivity contribution in [1.82, 2.24) is 24.6 Å². The molecule has 0 aliphatic carbocycles. The van der Waals surface area contributed by atoms with E-state index in [-0.39, 0.29) is 5.41 Å². The number of likely N-dealkylation sites (tertiary alicyclic amines) is 1. The molecule has 5 heteroatoms. The number of piperidine rings is 1. The largest absolute Gasteiger partial charge is 0.297 e. The van der Waals surface area contributed by atoms with Gasteiger partial charge in [-0.2, -0.15) is 5.10 Å². The van der Waals surface area contributed by atoms with Crippen molar-refractivity contribution < 1.29 is 0 Å². The number of fused-ring (bicyclic) bond motifs is 1. The summed E-state index contributed by atoms with van der Waals surface area (Å²) in [4.78, 5) is 12.0. The van der Waals surface area contributed by atoms with Crippen LogP contribution in [-0.4, -0.2) is 37.7 Å². The number of aryl methyl sites for hydroxylation is 2. The Kier molecular flexibility index (Phi) is 4.04. The van der Waals surface area contributed by atoms with Crippen molar-refractivity contribution in [3.63, 3.8) is 0 Å². The van der Waals surface area contributed by atoms with Gasteiger partial charge in [0, 0.05) is 37.1 Å². The average molecular weight is 335 g/mol. The zero-order valence-corrected chi connectivity index (χ0v) is 15.2. The van der Waals surface area contributed by atoms with E-state index in [2.05, 4.69) is 46.2 Å². The van der Waals surface area contributed by atoms with Crippen molar-refractivity contribution in [3.8, 4) is 0 Å². The number of rotatable bonds is 3. The van der Waals surface area contributed by atoms with Crippen molar-refractivity contribution in [2.75, 3.05) is 13.1 Å². The molecule has 3 aromatic rings. The fourth-order valence-electron chi connectivity index (χ4n) is 4.05. The summed E-state index contributed by atoms with van der Waals surface area (Å²) in [6, 6.07) is 10.5. The second kappa shape index (κ2) is 6.23. The van der Waals surface area contributed by atoms with E-state index in [9.17, 15) is 0 Å². The fraction of sp³-hybridized carbons (Fsp3) is 0.450. The van der Waals surface area contributed by atoms with Gasteiger partial charge < -0.3 is 0 Å². The highest BCUT2D eigenvalue weighted by Gasteiger charge is 2.34. The summed E-state index contributed by atoms with van der Waals surface area (Å²) < 4.78 is 1.89. The van der Waals surface area contributed by atoms with Crippen LogP contribution in [0.1, 0.15) is 36.8 Å². The average Bonchev–Trinajstić information content (AvgIpc) is 2.90. The van der Waals surface area contributed by atoms with E-state index in [0.717, 1.165) is 42.1 Å². The molecule has 3 aromatic heterocycles. The highest BCUT2D eigenvalue weighted by molar-refractivity contribution is 5.78.